The molecule has 0 saturated heterocycles. The second kappa shape index (κ2) is 34.2. The molecule has 0 atom stereocenters. The largest absolute Gasteiger partial charge is 0.465 e. The van der Waals surface area contributed by atoms with Crippen molar-refractivity contribution in [3.63, 3.8) is 0 Å². The summed E-state index contributed by atoms with van der Waals surface area (Å²) in [5, 5.41) is 5.78. The Kier molecular flexibility index (Phi) is 30.3. The molecule has 19 nitrogen and oxygen atoms in total. The van der Waals surface area contributed by atoms with E-state index in [4.69, 9.17) is 33.2 Å². The molecule has 0 unspecified atom stereocenters. The average Bonchev–Trinajstić information content (AvgIpc) is 3.72. The van der Waals surface area contributed by atoms with Gasteiger partial charge in [0, 0.05) is 40.2 Å². The molecule has 0 fully saturated rings. The van der Waals surface area contributed by atoms with Crippen molar-refractivity contribution in [2.75, 3.05) is 92.7 Å². The zero-order chi connectivity index (χ0) is 54.5. The van der Waals surface area contributed by atoms with Crippen molar-refractivity contribution in [1.29, 1.82) is 0 Å². The molecule has 0 saturated carbocycles. The van der Waals surface area contributed by atoms with Crippen LogP contribution in [0.3, 0.4) is 0 Å². The molecule has 0 spiro atoms. The Labute approximate surface area is 458 Å². The summed E-state index contributed by atoms with van der Waals surface area (Å²) in [6.45, 7) is 6.78. The van der Waals surface area contributed by atoms with E-state index in [0.717, 1.165) is 16.7 Å². The highest BCUT2D eigenvalue weighted by Crippen LogP contribution is 2.28. The molecule has 0 bridgehead atoms. The number of rotatable bonds is 32. The van der Waals surface area contributed by atoms with Gasteiger partial charge >= 0.3 is 47.5 Å². The minimum absolute atomic E-state index is 0.0189. The van der Waals surface area contributed by atoms with Gasteiger partial charge in [0.15, 0.2) is 0 Å². The molecule has 0 radical (unpaired) electrons. The Hall–Kier alpha value is -4.40. The highest BCUT2D eigenvalue weighted by Gasteiger charge is 2.41. The lowest BCUT2D eigenvalue weighted by molar-refractivity contribution is -0.174. The summed E-state index contributed by atoms with van der Waals surface area (Å²) in [5.74, 6) is -2.37. The molecular formula is C48H68N4O15S6. The standard InChI is InChI=1S/C28H46O13S6.C20H22N4O2/c29-21(1-7-42)36-15-27(16-37-22(30)2-8-43,17-38-23(31)3-9-44)13-35-14-28(18-39-24(32)4-10-45,19-40-25(33)5-11-46)20-41-26(34)6-12-47;1-12(2)13-6-5-7-14(10-13)20(3,4)24-19(26)21-15-8-9-16-17(11-15)23-18(25)22-16/h42-47H,1-20H2;5-11H,1H2,2-4H3,(H2,21,24,26)(H2,22,23,25). The van der Waals surface area contributed by atoms with Gasteiger partial charge in [-0.2, -0.15) is 75.8 Å². The van der Waals surface area contributed by atoms with Crippen LogP contribution in [0.1, 0.15) is 70.4 Å². The van der Waals surface area contributed by atoms with Crippen LogP contribution in [0.4, 0.5) is 10.5 Å². The molecule has 3 rings (SSSR count). The summed E-state index contributed by atoms with van der Waals surface area (Å²) >= 11 is 24.2. The molecule has 25 heteroatoms. The zero-order valence-electron chi connectivity index (χ0n) is 41.2. The highest BCUT2D eigenvalue weighted by atomic mass is 32.1. The van der Waals surface area contributed by atoms with Crippen LogP contribution in [-0.2, 0) is 67.5 Å². The van der Waals surface area contributed by atoms with E-state index >= 15 is 0 Å². The van der Waals surface area contributed by atoms with Gasteiger partial charge in [-0.3, -0.25) is 28.8 Å². The van der Waals surface area contributed by atoms with Crippen molar-refractivity contribution >= 4 is 140 Å². The third kappa shape index (κ3) is 25.1. The van der Waals surface area contributed by atoms with Gasteiger partial charge in [-0.1, -0.05) is 30.4 Å². The first-order chi connectivity index (χ1) is 34.7. The van der Waals surface area contributed by atoms with E-state index in [1.165, 1.54) is 0 Å². The van der Waals surface area contributed by atoms with E-state index in [9.17, 15) is 38.4 Å². The van der Waals surface area contributed by atoms with Gasteiger partial charge in [-0.05, 0) is 56.2 Å². The molecule has 406 valence electrons. The Morgan fingerprint density at radius 2 is 0.904 bits per heavy atom. The number of nitrogens with one attached hydrogen (secondary N) is 4. The van der Waals surface area contributed by atoms with E-state index in [1.807, 2.05) is 45.0 Å². The second-order valence-electron chi connectivity index (χ2n) is 17.2. The number of hydrogen-bond donors (Lipinski definition) is 10. The van der Waals surface area contributed by atoms with Gasteiger partial charge in [0.1, 0.15) is 39.6 Å². The Bertz CT molecular complexity index is 2160. The maximum Gasteiger partial charge on any atom is 0.323 e. The van der Waals surface area contributed by atoms with Crippen LogP contribution in [0.15, 0.2) is 53.8 Å². The minimum atomic E-state index is -1.41. The fraction of sp³-hybridized carbons (Fsp3) is 0.542. The first-order valence-electron chi connectivity index (χ1n) is 22.9. The van der Waals surface area contributed by atoms with Crippen LogP contribution >= 0.6 is 75.8 Å². The van der Waals surface area contributed by atoms with Crippen LogP contribution in [0.25, 0.3) is 16.6 Å². The highest BCUT2D eigenvalue weighted by molar-refractivity contribution is 7.81. The van der Waals surface area contributed by atoms with Crippen molar-refractivity contribution < 1.29 is 66.7 Å². The SMILES string of the molecule is C=C(C)c1cccc(C(C)(C)NC(=O)Nc2ccc3[nH]c(=O)[nH]c3c2)c1.O=C(CCS)OCC(COCC(COC(=O)CCS)(COC(=O)CCS)COC(=O)CCS)(COC(=O)CCS)COC(=O)CCS. The summed E-state index contributed by atoms with van der Waals surface area (Å²) < 4.78 is 38.6. The monoisotopic (exact) mass is 1130 g/mol. The molecule has 1 heterocycles. The third-order valence-corrected chi connectivity index (χ3v) is 11.6. The van der Waals surface area contributed by atoms with Gasteiger partial charge in [0.2, 0.25) is 0 Å². The first kappa shape index (κ1) is 64.7. The summed E-state index contributed by atoms with van der Waals surface area (Å²) in [4.78, 5) is 103. The maximum atomic E-state index is 12.4. The number of carbonyl (C=O) groups is 7. The summed E-state index contributed by atoms with van der Waals surface area (Å²) in [5.41, 5.74) is 1.26. The molecule has 2 aromatic carbocycles. The van der Waals surface area contributed by atoms with Crippen molar-refractivity contribution in [2.24, 2.45) is 10.8 Å². The number of esters is 6. The van der Waals surface area contributed by atoms with E-state index in [0.29, 0.717) is 16.7 Å². The smallest absolute Gasteiger partial charge is 0.323 e. The first-order valence-corrected chi connectivity index (χ1v) is 26.7. The Morgan fingerprint density at radius 3 is 1.26 bits per heavy atom. The quantitative estimate of drug-likeness (QED) is 0.0193. The second-order valence-corrected chi connectivity index (χ2v) is 19.9. The van der Waals surface area contributed by atoms with Gasteiger partial charge in [-0.25, -0.2) is 9.59 Å². The summed E-state index contributed by atoms with van der Waals surface area (Å²) in [6.07, 6.45) is -0.113. The van der Waals surface area contributed by atoms with E-state index < -0.39 is 52.2 Å². The number of allylic oxidation sites excluding steroid dienone is 1. The lowest BCUT2D eigenvalue weighted by Gasteiger charge is -2.35. The maximum absolute atomic E-state index is 12.4. The molecule has 2 amide bonds. The third-order valence-electron chi connectivity index (χ3n) is 10.2. The van der Waals surface area contributed by atoms with Crippen molar-refractivity contribution in [2.45, 2.75) is 64.8 Å². The Morgan fingerprint density at radius 1 is 0.534 bits per heavy atom. The molecule has 0 aliphatic carbocycles. The lowest BCUT2D eigenvalue weighted by Crippen LogP contribution is -2.47. The fourth-order valence-electron chi connectivity index (χ4n) is 6.17. The predicted octanol–water partition coefficient (Wildman–Crippen LogP) is 6.10. The molecule has 0 aliphatic heterocycles. The van der Waals surface area contributed by atoms with E-state index in [2.05, 4.69) is 103 Å². The molecule has 73 heavy (non-hydrogen) atoms. The fourth-order valence-corrected chi connectivity index (χ4v) is 7.26. The van der Waals surface area contributed by atoms with Gasteiger partial charge in [0.25, 0.3) is 0 Å². The van der Waals surface area contributed by atoms with Crippen molar-refractivity contribution in [3.8, 4) is 0 Å². The number of hydrogen-bond acceptors (Lipinski definition) is 21. The number of carbonyl (C=O) groups excluding carboxylic acids is 7. The normalized spacial score (nSPS) is 11.4. The number of thiol groups is 6. The van der Waals surface area contributed by atoms with Crippen LogP contribution in [0, 0.1) is 10.8 Å². The van der Waals surface area contributed by atoms with Crippen LogP contribution in [-0.4, -0.2) is 139 Å². The topological polar surface area (TPSA) is 257 Å². The number of aromatic nitrogens is 2. The van der Waals surface area contributed by atoms with E-state index in [-0.39, 0.29) is 138 Å². The molecule has 0 aliphatic rings. The molecule has 4 N–H and O–H groups in total. The van der Waals surface area contributed by atoms with Gasteiger partial charge in [0.05, 0.1) is 79.1 Å². The van der Waals surface area contributed by atoms with E-state index in [1.54, 1.807) is 18.2 Å². The minimum Gasteiger partial charge on any atom is -0.465 e. The zero-order valence-corrected chi connectivity index (χ0v) is 46.6. The number of urea groups is 1. The number of ether oxygens (including phenoxy) is 7. The van der Waals surface area contributed by atoms with Crippen molar-refractivity contribution in [3.05, 3.63) is 70.7 Å². The average molecular weight is 1130 g/mol. The number of benzene rings is 2. The summed E-state index contributed by atoms with van der Waals surface area (Å²) in [7, 11) is 0. The van der Waals surface area contributed by atoms with Crippen LogP contribution < -0.4 is 16.3 Å². The number of amides is 2. The predicted molar refractivity (Wildman–Crippen MR) is 298 cm³/mol. The number of H-pyrrole nitrogens is 2. The number of aromatic amines is 2. The lowest BCUT2D eigenvalue weighted by atomic mass is 9.90. The number of imidazole rings is 1. The number of anilines is 1. The van der Waals surface area contributed by atoms with Gasteiger partial charge in [-0.15, -0.1) is 0 Å². The summed E-state index contributed by atoms with van der Waals surface area (Å²) in [6, 6.07) is 12.8. The van der Waals surface area contributed by atoms with Crippen LogP contribution in [0.5, 0.6) is 0 Å². The molecular weight excluding hydrogens is 1060 g/mol. The van der Waals surface area contributed by atoms with Crippen LogP contribution in [0.2, 0.25) is 0 Å². The molecule has 1 aromatic heterocycles. The number of fused-ring (bicyclic) bond motifs is 1. The molecule has 3 aromatic rings. The van der Waals surface area contributed by atoms with Gasteiger partial charge < -0.3 is 53.8 Å². The van der Waals surface area contributed by atoms with Crippen molar-refractivity contribution in [1.82, 2.24) is 15.3 Å². The Balaban J connectivity index is 0.000000583.